The van der Waals surface area contributed by atoms with Crippen LogP contribution in [0, 0.1) is 0 Å². The predicted octanol–water partition coefficient (Wildman–Crippen LogP) is 16.6. The Balaban J connectivity index is 1.31. The van der Waals surface area contributed by atoms with Crippen molar-refractivity contribution in [2.45, 2.75) is 491 Å². The number of carbonyl (C=O) groups is 1. The van der Waals surface area contributed by atoms with Gasteiger partial charge >= 0.3 is 0 Å². The van der Waals surface area contributed by atoms with E-state index in [1.54, 1.807) is 6.08 Å². The van der Waals surface area contributed by atoms with Gasteiger partial charge < -0.3 is 89.9 Å². The van der Waals surface area contributed by atoms with Gasteiger partial charge in [0.2, 0.25) is 5.91 Å². The lowest BCUT2D eigenvalue weighted by molar-refractivity contribution is -0.379. The van der Waals surface area contributed by atoms with Crippen LogP contribution in [0.3, 0.4) is 0 Å². The number of ether oxygens (including phenoxy) is 6. The molecule has 19 heteroatoms. The lowest BCUT2D eigenvalue weighted by atomic mass is 9.96. The van der Waals surface area contributed by atoms with Gasteiger partial charge in [-0.15, -0.1) is 0 Å². The van der Waals surface area contributed by atoms with Gasteiger partial charge in [0.1, 0.15) is 73.2 Å². The molecule has 0 spiro atoms. The van der Waals surface area contributed by atoms with E-state index in [0.717, 1.165) is 44.9 Å². The van der Waals surface area contributed by atoms with E-state index in [2.05, 4.69) is 43.5 Å². The quantitative estimate of drug-likeness (QED) is 0.0199. The second-order valence-corrected chi connectivity index (χ2v) is 32.1. The Bertz CT molecular complexity index is 2070. The van der Waals surface area contributed by atoms with Gasteiger partial charge in [-0.25, -0.2) is 0 Å². The minimum absolute atomic E-state index is 0.237. The van der Waals surface area contributed by atoms with Gasteiger partial charge in [0.25, 0.3) is 0 Å². The molecule has 0 saturated carbocycles. The summed E-state index contributed by atoms with van der Waals surface area (Å²) in [7, 11) is 0. The molecule has 630 valence electrons. The fourth-order valence-corrected chi connectivity index (χ4v) is 15.3. The lowest BCUT2D eigenvalue weighted by Gasteiger charge is -2.48. The molecule has 19 nitrogen and oxygen atoms in total. The highest BCUT2D eigenvalue weighted by Gasteiger charge is 2.54. The summed E-state index contributed by atoms with van der Waals surface area (Å²) in [4.78, 5) is 13.5. The van der Waals surface area contributed by atoms with Crippen LogP contribution in [0.5, 0.6) is 0 Å². The van der Waals surface area contributed by atoms with Crippen molar-refractivity contribution in [2.24, 2.45) is 0 Å². The number of rotatable bonds is 73. The van der Waals surface area contributed by atoms with Crippen molar-refractivity contribution < 1.29 is 89.4 Å². The first-order valence-corrected chi connectivity index (χ1v) is 44.7. The van der Waals surface area contributed by atoms with Crippen molar-refractivity contribution in [1.29, 1.82) is 0 Å². The van der Waals surface area contributed by atoms with E-state index in [4.69, 9.17) is 28.4 Å². The molecule has 0 aromatic carbocycles. The van der Waals surface area contributed by atoms with E-state index in [-0.39, 0.29) is 18.9 Å². The summed E-state index contributed by atoms with van der Waals surface area (Å²) in [5.41, 5.74) is 0. The largest absolute Gasteiger partial charge is 0.394 e. The van der Waals surface area contributed by atoms with Crippen LogP contribution >= 0.6 is 0 Å². The van der Waals surface area contributed by atoms with Crippen molar-refractivity contribution in [1.82, 2.24) is 5.32 Å². The Morgan fingerprint density at radius 2 is 0.598 bits per heavy atom. The molecule has 0 bridgehead atoms. The normalized spacial score (nSPS) is 25.6. The van der Waals surface area contributed by atoms with Crippen molar-refractivity contribution in [3.05, 3.63) is 36.5 Å². The molecule has 3 rings (SSSR count). The van der Waals surface area contributed by atoms with Gasteiger partial charge in [-0.3, -0.25) is 4.79 Å². The first-order chi connectivity index (χ1) is 52.3. The van der Waals surface area contributed by atoms with E-state index in [1.807, 2.05) is 6.08 Å². The number of amides is 1. The molecule has 0 aromatic heterocycles. The average molecular weight is 1530 g/mol. The molecule has 3 heterocycles. The zero-order valence-corrected chi connectivity index (χ0v) is 67.9. The number of unbranched alkanes of at least 4 members (excludes halogenated alkanes) is 53. The molecule has 1 amide bonds. The van der Waals surface area contributed by atoms with Crippen LogP contribution in [-0.4, -0.2) is 193 Å². The monoisotopic (exact) mass is 1520 g/mol. The third kappa shape index (κ3) is 47.5. The number of aliphatic hydroxyl groups is 11. The van der Waals surface area contributed by atoms with Crippen LogP contribution in [-0.2, 0) is 33.2 Å². The lowest BCUT2D eigenvalue weighted by Crippen LogP contribution is -2.66. The molecule has 107 heavy (non-hydrogen) atoms. The zero-order chi connectivity index (χ0) is 77.4. The Morgan fingerprint density at radius 3 is 0.935 bits per heavy atom. The third-order valence-corrected chi connectivity index (χ3v) is 22.4. The SMILES string of the molecule is CCCCCCCCCCCCCCC/C=C/CC/C=C/CC/C=C/C(O)C(COC1OC(CO)C(OC2OC(CO)C(OC3OC(CO)C(O)C(O)C3O)C(O)C2O)C(O)C1O)NC(=O)CCCCCCCCCCCCCCCCCCCCCCCCCCCCCCCCCCCCCCCCC. The fraction of sp³-hybridized carbons (Fsp3) is 0.920. The molecule has 3 fully saturated rings. The number of allylic oxidation sites excluding steroid dienone is 5. The zero-order valence-electron chi connectivity index (χ0n) is 67.9. The highest BCUT2D eigenvalue weighted by atomic mass is 16.8. The van der Waals surface area contributed by atoms with Crippen LogP contribution in [0.4, 0.5) is 0 Å². The van der Waals surface area contributed by atoms with Crippen LogP contribution in [0.2, 0.25) is 0 Å². The number of carbonyl (C=O) groups excluding carboxylic acids is 1. The predicted molar refractivity (Wildman–Crippen MR) is 429 cm³/mol. The van der Waals surface area contributed by atoms with Crippen molar-refractivity contribution >= 4 is 5.91 Å². The van der Waals surface area contributed by atoms with Gasteiger partial charge in [0.15, 0.2) is 18.9 Å². The molecule has 3 saturated heterocycles. The van der Waals surface area contributed by atoms with E-state index in [9.17, 15) is 61.0 Å². The number of hydrogen-bond acceptors (Lipinski definition) is 18. The Labute approximate surface area is 651 Å². The van der Waals surface area contributed by atoms with Crippen molar-refractivity contribution in [3.8, 4) is 0 Å². The van der Waals surface area contributed by atoms with Gasteiger partial charge in [-0.2, -0.15) is 0 Å². The molecule has 3 aliphatic heterocycles. The summed E-state index contributed by atoms with van der Waals surface area (Å²) in [6.07, 6.45) is 60.4. The molecule has 0 aromatic rings. The summed E-state index contributed by atoms with van der Waals surface area (Å²) in [5, 5.41) is 121. The second-order valence-electron chi connectivity index (χ2n) is 32.1. The molecule has 17 unspecified atom stereocenters. The number of hydrogen-bond donors (Lipinski definition) is 12. The molecule has 12 N–H and O–H groups in total. The second kappa shape index (κ2) is 68.4. The van der Waals surface area contributed by atoms with Gasteiger partial charge in [0, 0.05) is 6.42 Å². The summed E-state index contributed by atoms with van der Waals surface area (Å²) in [6, 6.07) is -0.996. The smallest absolute Gasteiger partial charge is 0.220 e. The van der Waals surface area contributed by atoms with Gasteiger partial charge in [-0.05, 0) is 44.9 Å². The minimum atomic E-state index is -1.98. The molecule has 17 atom stereocenters. The highest BCUT2D eigenvalue weighted by Crippen LogP contribution is 2.34. The van der Waals surface area contributed by atoms with Gasteiger partial charge in [-0.1, -0.05) is 371 Å². The average Bonchev–Trinajstić information content (AvgIpc) is 0.782. The summed E-state index contributed by atoms with van der Waals surface area (Å²) < 4.78 is 34.5. The van der Waals surface area contributed by atoms with E-state index < -0.39 is 124 Å². The maximum atomic E-state index is 13.5. The summed E-state index contributed by atoms with van der Waals surface area (Å²) in [6.45, 7) is 1.77. The van der Waals surface area contributed by atoms with Crippen LogP contribution in [0.1, 0.15) is 386 Å². The highest BCUT2D eigenvalue weighted by molar-refractivity contribution is 5.76. The maximum Gasteiger partial charge on any atom is 0.220 e. The number of nitrogens with one attached hydrogen (secondary N) is 1. The third-order valence-electron chi connectivity index (χ3n) is 22.4. The van der Waals surface area contributed by atoms with E-state index in [1.165, 1.54) is 308 Å². The number of aliphatic hydroxyl groups excluding tert-OH is 11. The van der Waals surface area contributed by atoms with Crippen LogP contribution in [0.15, 0.2) is 36.5 Å². The molecule has 3 aliphatic rings. The standard InChI is InChI=1S/C88H165NO18/c1-3-5-7-9-11-13-15-17-19-21-23-25-27-28-29-30-31-32-33-34-35-36-37-38-39-40-41-42-44-46-48-50-52-54-56-58-60-62-64-66-76(94)89-71(72(93)65-63-61-59-57-55-53-51-49-47-45-43-26-24-22-20-18-16-14-12-10-8-6-4-2)70-102-86-82(100)79(97)84(74(68-91)104-86)107-88-83(101)80(98)85(75(69-92)105-88)106-87-81(99)78(96)77(95)73(67-90)103-87/h47,49,55,57,63,65,71-75,77-88,90-93,95-101H,3-46,48,50-54,56,58-62,64,66-70H2,1-2H3,(H,89,94)/b49-47+,57-55+,65-63+. The summed E-state index contributed by atoms with van der Waals surface area (Å²) in [5.74, 6) is -0.281. The van der Waals surface area contributed by atoms with E-state index >= 15 is 0 Å². The molecule has 0 radical (unpaired) electrons. The first kappa shape index (κ1) is 99.2. The van der Waals surface area contributed by atoms with Crippen LogP contribution < -0.4 is 5.32 Å². The van der Waals surface area contributed by atoms with Crippen molar-refractivity contribution in [3.63, 3.8) is 0 Å². The maximum absolute atomic E-state index is 13.5. The summed E-state index contributed by atoms with van der Waals surface area (Å²) >= 11 is 0. The Hall–Kier alpha value is -1.99. The minimum Gasteiger partial charge on any atom is -0.394 e. The van der Waals surface area contributed by atoms with Crippen molar-refractivity contribution in [2.75, 3.05) is 26.4 Å². The topological polar surface area (TPSA) is 307 Å². The molecular weight excluding hydrogens is 1360 g/mol. The Morgan fingerprint density at radius 1 is 0.327 bits per heavy atom. The molecule has 0 aliphatic carbocycles. The molecular formula is C88H165NO18. The first-order valence-electron chi connectivity index (χ1n) is 44.7. The van der Waals surface area contributed by atoms with Gasteiger partial charge in [0.05, 0.1) is 38.6 Å². The van der Waals surface area contributed by atoms with E-state index in [0.29, 0.717) is 12.8 Å². The Kier molecular flexibility index (Phi) is 63.4. The fourth-order valence-electron chi connectivity index (χ4n) is 15.3. The van der Waals surface area contributed by atoms with Crippen LogP contribution in [0.25, 0.3) is 0 Å².